The summed E-state index contributed by atoms with van der Waals surface area (Å²) in [5, 5.41) is 37.0. The lowest BCUT2D eigenvalue weighted by molar-refractivity contribution is -0.316. The molecule has 0 fully saturated rings. The van der Waals surface area contributed by atoms with Gasteiger partial charge in [0.25, 0.3) is 5.97 Å². The predicted octanol–water partition coefficient (Wildman–Crippen LogP) is -2.74. The van der Waals surface area contributed by atoms with E-state index in [9.17, 15) is 0 Å². The lowest BCUT2D eigenvalue weighted by Crippen LogP contribution is -2.36. The molecule has 0 aliphatic carbocycles. The Labute approximate surface area is 70.6 Å². The van der Waals surface area contributed by atoms with Gasteiger partial charge < -0.3 is 26.2 Å². The van der Waals surface area contributed by atoms with Gasteiger partial charge in [-0.1, -0.05) is 0 Å². The number of hydrogen-bond acceptors (Lipinski definition) is 6. The van der Waals surface area contributed by atoms with Crippen LogP contribution in [0.25, 0.3) is 0 Å². The topological polar surface area (TPSA) is 119 Å². The van der Waals surface area contributed by atoms with Gasteiger partial charge in [0.2, 0.25) is 0 Å². The van der Waals surface area contributed by atoms with Gasteiger partial charge in [0.15, 0.2) is 0 Å². The van der Waals surface area contributed by atoms with E-state index < -0.39 is 12.2 Å². The first kappa shape index (κ1) is 11.8. The summed E-state index contributed by atoms with van der Waals surface area (Å²) < 4.78 is 0. The van der Waals surface area contributed by atoms with Crippen molar-refractivity contribution in [3.63, 3.8) is 0 Å². The highest BCUT2D eigenvalue weighted by molar-refractivity contribution is 4.57. The van der Waals surface area contributed by atoms with Gasteiger partial charge in [-0.3, -0.25) is 5.32 Å². The van der Waals surface area contributed by atoms with Gasteiger partial charge in [0, 0.05) is 19.5 Å². The van der Waals surface area contributed by atoms with E-state index in [0.717, 1.165) is 0 Å². The smallest absolute Gasteiger partial charge is 0.275 e. The Morgan fingerprint density at radius 1 is 1.33 bits per heavy atom. The van der Waals surface area contributed by atoms with Crippen LogP contribution < -0.4 is 11.1 Å². The third-order valence-corrected chi connectivity index (χ3v) is 1.28. The minimum absolute atomic E-state index is 0.0451. The summed E-state index contributed by atoms with van der Waals surface area (Å²) in [7, 11) is 0. The maximum absolute atomic E-state index is 9.04. The Morgan fingerprint density at radius 3 is 2.33 bits per heavy atom. The van der Waals surface area contributed by atoms with Gasteiger partial charge in [-0.15, -0.1) is 0 Å². The molecule has 0 saturated heterocycles. The molecule has 0 rings (SSSR count). The highest BCUT2D eigenvalue weighted by Crippen LogP contribution is 2.05. The maximum Gasteiger partial charge on any atom is 0.275 e. The molecule has 0 radical (unpaired) electrons. The fourth-order valence-electron chi connectivity index (χ4n) is 0.682. The van der Waals surface area contributed by atoms with Crippen molar-refractivity contribution in [2.45, 2.75) is 25.0 Å². The molecule has 0 aliphatic heterocycles. The van der Waals surface area contributed by atoms with E-state index in [1.54, 1.807) is 0 Å². The predicted molar refractivity (Wildman–Crippen MR) is 41.7 cm³/mol. The van der Waals surface area contributed by atoms with Crippen molar-refractivity contribution in [1.29, 1.82) is 0 Å². The van der Waals surface area contributed by atoms with Crippen molar-refractivity contribution >= 4 is 0 Å². The molecule has 0 heterocycles. The monoisotopic (exact) mass is 180 g/mol. The zero-order valence-corrected chi connectivity index (χ0v) is 6.77. The number of hydrogen-bond donors (Lipinski definition) is 6. The summed E-state index contributed by atoms with van der Waals surface area (Å²) in [6, 6.07) is 0. The SMILES string of the molecule is NCCNC(O)CCC(O)(O)O. The zero-order valence-electron chi connectivity index (χ0n) is 6.77. The average Bonchev–Trinajstić information content (AvgIpc) is 1.95. The normalized spacial score (nSPS) is 14.8. The van der Waals surface area contributed by atoms with Gasteiger partial charge in [-0.05, 0) is 6.42 Å². The van der Waals surface area contributed by atoms with E-state index in [-0.39, 0.29) is 12.8 Å². The fraction of sp³-hybridized carbons (Fsp3) is 1.00. The van der Waals surface area contributed by atoms with Gasteiger partial charge in [-0.2, -0.15) is 0 Å². The third kappa shape index (κ3) is 7.86. The molecule has 12 heavy (non-hydrogen) atoms. The molecule has 0 aliphatic rings. The quantitative estimate of drug-likeness (QED) is 0.247. The summed E-state index contributed by atoms with van der Waals surface area (Å²) in [6.45, 7) is 0.829. The third-order valence-electron chi connectivity index (χ3n) is 1.28. The van der Waals surface area contributed by atoms with Crippen molar-refractivity contribution in [2.24, 2.45) is 5.73 Å². The molecule has 0 amide bonds. The number of rotatable bonds is 6. The summed E-state index contributed by atoms with van der Waals surface area (Å²) in [5.41, 5.74) is 5.14. The van der Waals surface area contributed by atoms with Gasteiger partial charge in [-0.25, -0.2) is 0 Å². The molecule has 6 heteroatoms. The molecule has 1 atom stereocenters. The average molecular weight is 180 g/mol. The van der Waals surface area contributed by atoms with Gasteiger partial charge >= 0.3 is 0 Å². The van der Waals surface area contributed by atoms with Crippen LogP contribution in [0.15, 0.2) is 0 Å². The number of aliphatic hydroxyl groups is 4. The molecule has 0 spiro atoms. The molecule has 6 nitrogen and oxygen atoms in total. The first-order valence-electron chi connectivity index (χ1n) is 3.74. The van der Waals surface area contributed by atoms with Crippen LogP contribution in [0.4, 0.5) is 0 Å². The molecule has 0 aromatic carbocycles. The van der Waals surface area contributed by atoms with Crippen molar-refractivity contribution in [2.75, 3.05) is 13.1 Å². The fourth-order valence-corrected chi connectivity index (χ4v) is 0.682. The second kappa shape index (κ2) is 5.41. The molecule has 0 saturated carbocycles. The second-order valence-electron chi connectivity index (χ2n) is 2.57. The van der Waals surface area contributed by atoms with Crippen LogP contribution in [-0.4, -0.2) is 45.7 Å². The summed E-state index contributed by atoms with van der Waals surface area (Å²) in [4.78, 5) is 0. The molecule has 7 N–H and O–H groups in total. The minimum Gasteiger partial charge on any atom is -0.379 e. The van der Waals surface area contributed by atoms with E-state index in [2.05, 4.69) is 5.32 Å². The molecule has 0 bridgehead atoms. The Kier molecular flexibility index (Phi) is 5.31. The number of aliphatic hydroxyl groups excluding tert-OH is 1. The molecule has 0 aromatic heterocycles. The van der Waals surface area contributed by atoms with Gasteiger partial charge in [0.05, 0.1) is 0 Å². The summed E-state index contributed by atoms with van der Waals surface area (Å²) in [6.07, 6.45) is -1.14. The molecule has 0 aromatic rings. The van der Waals surface area contributed by atoms with Crippen molar-refractivity contribution in [3.05, 3.63) is 0 Å². The van der Waals surface area contributed by atoms with E-state index in [1.807, 2.05) is 0 Å². The highest BCUT2D eigenvalue weighted by atomic mass is 16.7. The Bertz CT molecular complexity index is 115. The largest absolute Gasteiger partial charge is 0.379 e. The van der Waals surface area contributed by atoms with E-state index >= 15 is 0 Å². The van der Waals surface area contributed by atoms with Crippen molar-refractivity contribution in [1.82, 2.24) is 5.32 Å². The van der Waals surface area contributed by atoms with Crippen LogP contribution in [0, 0.1) is 0 Å². The van der Waals surface area contributed by atoms with Crippen LogP contribution in [0.2, 0.25) is 0 Å². The number of nitrogens with one attached hydrogen (secondary N) is 1. The molecule has 1 unspecified atom stereocenters. The zero-order chi connectivity index (χ0) is 9.61. The maximum atomic E-state index is 9.04. The Hall–Kier alpha value is -0.240. The van der Waals surface area contributed by atoms with Crippen molar-refractivity contribution < 1.29 is 20.4 Å². The second-order valence-corrected chi connectivity index (χ2v) is 2.57. The van der Waals surface area contributed by atoms with Crippen LogP contribution in [-0.2, 0) is 0 Å². The number of nitrogens with two attached hydrogens (primary N) is 1. The lowest BCUT2D eigenvalue weighted by atomic mass is 10.2. The molecule has 74 valence electrons. The molecular weight excluding hydrogens is 164 g/mol. The Morgan fingerprint density at radius 2 is 1.92 bits per heavy atom. The first-order valence-corrected chi connectivity index (χ1v) is 3.74. The van der Waals surface area contributed by atoms with Crippen LogP contribution in [0.5, 0.6) is 0 Å². The van der Waals surface area contributed by atoms with Crippen molar-refractivity contribution in [3.8, 4) is 0 Å². The molecular formula is C6H16N2O4. The lowest BCUT2D eigenvalue weighted by Gasteiger charge is -2.17. The highest BCUT2D eigenvalue weighted by Gasteiger charge is 2.19. The van der Waals surface area contributed by atoms with E-state index in [1.165, 1.54) is 0 Å². The van der Waals surface area contributed by atoms with Crippen LogP contribution in [0.1, 0.15) is 12.8 Å². The van der Waals surface area contributed by atoms with E-state index in [0.29, 0.717) is 13.1 Å². The standard InChI is InChI=1S/C6H16N2O4/c7-3-4-8-5(9)1-2-6(10,11)12/h5,8-12H,1-4,7H2. The Balaban J connectivity index is 3.37. The first-order chi connectivity index (χ1) is 5.45. The summed E-state index contributed by atoms with van der Waals surface area (Å²) >= 11 is 0. The van der Waals surface area contributed by atoms with Gasteiger partial charge in [0.1, 0.15) is 6.23 Å². The van der Waals surface area contributed by atoms with E-state index in [4.69, 9.17) is 26.2 Å². The van der Waals surface area contributed by atoms with Crippen LogP contribution in [0.3, 0.4) is 0 Å². The van der Waals surface area contributed by atoms with Crippen LogP contribution >= 0.6 is 0 Å². The minimum atomic E-state index is -2.70. The summed E-state index contributed by atoms with van der Waals surface area (Å²) in [5.74, 6) is -2.70.